The van der Waals surface area contributed by atoms with Gasteiger partial charge in [0.15, 0.2) is 5.82 Å². The van der Waals surface area contributed by atoms with Crippen molar-refractivity contribution < 1.29 is 4.39 Å². The van der Waals surface area contributed by atoms with Gasteiger partial charge in [0.25, 0.3) is 0 Å². The van der Waals surface area contributed by atoms with E-state index in [2.05, 4.69) is 31.0 Å². The molecule has 0 bridgehead atoms. The Balaban J connectivity index is 1.43. The molecule has 2 aromatic rings. The van der Waals surface area contributed by atoms with Crippen LogP contribution in [-0.2, 0) is 6.54 Å². The fraction of sp³-hybridized carbons (Fsp3) is 0.529. The Kier molecular flexibility index (Phi) is 4.20. The van der Waals surface area contributed by atoms with Gasteiger partial charge in [-0.15, -0.1) is 0 Å². The van der Waals surface area contributed by atoms with Gasteiger partial charge in [-0.2, -0.15) is 5.10 Å². The Morgan fingerprint density at radius 2 is 2.09 bits per heavy atom. The molecule has 1 saturated carbocycles. The molecule has 4 rings (SSSR count). The minimum absolute atomic E-state index is 0.189. The molecule has 0 spiro atoms. The lowest BCUT2D eigenvalue weighted by atomic mass is 9.97. The molecule has 23 heavy (non-hydrogen) atoms. The first kappa shape index (κ1) is 15.3. The molecule has 0 unspecified atom stereocenters. The van der Waals surface area contributed by atoms with E-state index in [1.807, 2.05) is 6.07 Å². The molecule has 1 N–H and O–H groups in total. The maximum Gasteiger partial charge on any atom is 0.155 e. The number of rotatable bonds is 4. The molecule has 1 aliphatic heterocycles. The maximum absolute atomic E-state index is 13.5. The van der Waals surface area contributed by atoms with Crippen LogP contribution >= 0.6 is 15.9 Å². The molecule has 1 aromatic heterocycles. The van der Waals surface area contributed by atoms with Gasteiger partial charge in [0, 0.05) is 29.4 Å². The van der Waals surface area contributed by atoms with Gasteiger partial charge >= 0.3 is 0 Å². The van der Waals surface area contributed by atoms with E-state index in [1.54, 1.807) is 6.07 Å². The molecule has 1 saturated heterocycles. The van der Waals surface area contributed by atoms with Gasteiger partial charge in [-0.1, -0.05) is 15.9 Å². The standard InChI is InChI=1S/C17H20BrFN4/c18-14-6-11(7-15(19)8-14)9-23-5-1-2-13(10-23)17-20-16(21-22-17)12-3-4-12/h6-8,12-13H,1-5,9-10H2,(H,20,21,22)/t13-/m1/s1. The first-order valence-corrected chi connectivity index (χ1v) is 9.06. The molecular formula is C17H20BrFN4. The summed E-state index contributed by atoms with van der Waals surface area (Å²) in [6.07, 6.45) is 4.74. The lowest BCUT2D eigenvalue weighted by molar-refractivity contribution is 0.196. The van der Waals surface area contributed by atoms with E-state index in [-0.39, 0.29) is 5.82 Å². The van der Waals surface area contributed by atoms with E-state index < -0.39 is 0 Å². The quantitative estimate of drug-likeness (QED) is 0.875. The topological polar surface area (TPSA) is 44.8 Å². The van der Waals surface area contributed by atoms with Crippen molar-refractivity contribution in [1.29, 1.82) is 0 Å². The van der Waals surface area contributed by atoms with Crippen molar-refractivity contribution in [2.24, 2.45) is 0 Å². The predicted octanol–water partition coefficient (Wildman–Crippen LogP) is 3.96. The number of hydrogen-bond acceptors (Lipinski definition) is 3. The maximum atomic E-state index is 13.5. The summed E-state index contributed by atoms with van der Waals surface area (Å²) in [5, 5.41) is 7.55. The SMILES string of the molecule is Fc1cc(Br)cc(CN2CCC[C@@H](c3n[nH]c(C4CC4)n3)C2)c1. The Morgan fingerprint density at radius 1 is 1.22 bits per heavy atom. The number of nitrogens with one attached hydrogen (secondary N) is 1. The summed E-state index contributed by atoms with van der Waals surface area (Å²) in [7, 11) is 0. The Morgan fingerprint density at radius 3 is 2.87 bits per heavy atom. The molecule has 4 nitrogen and oxygen atoms in total. The van der Waals surface area contributed by atoms with Crippen LogP contribution in [0.3, 0.4) is 0 Å². The van der Waals surface area contributed by atoms with Gasteiger partial charge in [-0.05, 0) is 56.0 Å². The van der Waals surface area contributed by atoms with E-state index in [1.165, 1.54) is 18.9 Å². The Labute approximate surface area is 143 Å². The Bertz CT molecular complexity index is 677. The third-order valence-electron chi connectivity index (χ3n) is 4.68. The van der Waals surface area contributed by atoms with E-state index in [9.17, 15) is 4.39 Å². The summed E-state index contributed by atoms with van der Waals surface area (Å²) >= 11 is 3.37. The van der Waals surface area contributed by atoms with Crippen LogP contribution in [0.1, 0.15) is 54.7 Å². The highest BCUT2D eigenvalue weighted by atomic mass is 79.9. The Hall–Kier alpha value is -1.27. The number of hydrogen-bond donors (Lipinski definition) is 1. The van der Waals surface area contributed by atoms with Crippen LogP contribution in [0.5, 0.6) is 0 Å². The van der Waals surface area contributed by atoms with Gasteiger partial charge in [0.1, 0.15) is 11.6 Å². The third kappa shape index (κ3) is 3.63. The van der Waals surface area contributed by atoms with Gasteiger partial charge in [-0.3, -0.25) is 10.00 Å². The summed E-state index contributed by atoms with van der Waals surface area (Å²) < 4.78 is 14.3. The second kappa shape index (κ2) is 6.32. The van der Waals surface area contributed by atoms with Crippen molar-refractivity contribution in [3.05, 3.63) is 45.7 Å². The minimum Gasteiger partial charge on any atom is -0.298 e. The van der Waals surface area contributed by atoms with Gasteiger partial charge in [0.05, 0.1) is 0 Å². The first-order chi connectivity index (χ1) is 11.2. The molecule has 1 aromatic carbocycles. The molecule has 0 radical (unpaired) electrons. The van der Waals surface area contributed by atoms with Gasteiger partial charge in [0.2, 0.25) is 0 Å². The van der Waals surface area contributed by atoms with Crippen LogP contribution < -0.4 is 0 Å². The fourth-order valence-corrected chi connectivity index (χ4v) is 3.89. The van der Waals surface area contributed by atoms with Gasteiger partial charge in [-0.25, -0.2) is 9.37 Å². The lowest BCUT2D eigenvalue weighted by Crippen LogP contribution is -2.34. The number of aromatic nitrogens is 3. The first-order valence-electron chi connectivity index (χ1n) is 8.27. The van der Waals surface area contributed by atoms with Crippen LogP contribution in [0.4, 0.5) is 4.39 Å². The molecule has 1 atom stereocenters. The molecular weight excluding hydrogens is 359 g/mol. The van der Waals surface area contributed by atoms with E-state index in [0.29, 0.717) is 11.8 Å². The van der Waals surface area contributed by atoms with E-state index in [4.69, 9.17) is 4.98 Å². The summed E-state index contributed by atoms with van der Waals surface area (Å²) in [6.45, 7) is 2.76. The summed E-state index contributed by atoms with van der Waals surface area (Å²) in [5.74, 6) is 2.82. The zero-order valence-electron chi connectivity index (χ0n) is 12.9. The average Bonchev–Trinajstić information content (AvgIpc) is 3.24. The van der Waals surface area contributed by atoms with Crippen LogP contribution in [0, 0.1) is 5.82 Å². The summed E-state index contributed by atoms with van der Waals surface area (Å²) in [5.41, 5.74) is 1.01. The number of halogens is 2. The normalized spacial score (nSPS) is 22.4. The number of H-pyrrole nitrogens is 1. The molecule has 6 heteroatoms. The summed E-state index contributed by atoms with van der Waals surface area (Å²) in [4.78, 5) is 7.08. The van der Waals surface area contributed by atoms with Crippen LogP contribution in [0.25, 0.3) is 0 Å². The van der Waals surface area contributed by atoms with Crippen LogP contribution in [0.2, 0.25) is 0 Å². The monoisotopic (exact) mass is 378 g/mol. The molecule has 2 aliphatic rings. The lowest BCUT2D eigenvalue weighted by Gasteiger charge is -2.31. The fourth-order valence-electron chi connectivity index (χ4n) is 3.38. The number of benzene rings is 1. The van der Waals surface area contributed by atoms with Crippen LogP contribution in [-0.4, -0.2) is 33.2 Å². The molecule has 2 fully saturated rings. The van der Waals surface area contributed by atoms with Crippen molar-refractivity contribution in [3.8, 4) is 0 Å². The largest absolute Gasteiger partial charge is 0.298 e. The third-order valence-corrected chi connectivity index (χ3v) is 5.14. The highest BCUT2D eigenvalue weighted by Gasteiger charge is 2.30. The number of likely N-dealkylation sites (tertiary alicyclic amines) is 1. The zero-order chi connectivity index (χ0) is 15.8. The smallest absolute Gasteiger partial charge is 0.155 e. The van der Waals surface area contributed by atoms with Crippen molar-refractivity contribution in [2.75, 3.05) is 13.1 Å². The van der Waals surface area contributed by atoms with Gasteiger partial charge < -0.3 is 0 Å². The highest BCUT2D eigenvalue weighted by molar-refractivity contribution is 9.10. The number of nitrogens with zero attached hydrogens (tertiary/aromatic N) is 3. The summed E-state index contributed by atoms with van der Waals surface area (Å²) in [6, 6.07) is 5.10. The molecule has 122 valence electrons. The molecule has 0 amide bonds. The second-order valence-electron chi connectivity index (χ2n) is 6.71. The average molecular weight is 379 g/mol. The van der Waals surface area contributed by atoms with E-state index in [0.717, 1.165) is 54.2 Å². The van der Waals surface area contributed by atoms with E-state index >= 15 is 0 Å². The van der Waals surface area contributed by atoms with Crippen molar-refractivity contribution in [3.63, 3.8) is 0 Å². The predicted molar refractivity (Wildman–Crippen MR) is 89.7 cm³/mol. The van der Waals surface area contributed by atoms with Crippen molar-refractivity contribution in [2.45, 2.75) is 44.1 Å². The van der Waals surface area contributed by atoms with Crippen molar-refractivity contribution in [1.82, 2.24) is 20.1 Å². The molecule has 1 aliphatic carbocycles. The van der Waals surface area contributed by atoms with Crippen LogP contribution in [0.15, 0.2) is 22.7 Å². The number of aromatic amines is 1. The zero-order valence-corrected chi connectivity index (χ0v) is 14.5. The minimum atomic E-state index is -0.189. The molecule has 2 heterocycles. The highest BCUT2D eigenvalue weighted by Crippen LogP contribution is 2.38. The van der Waals surface area contributed by atoms with Crippen molar-refractivity contribution >= 4 is 15.9 Å². The second-order valence-corrected chi connectivity index (χ2v) is 7.62. The number of piperidine rings is 1.